The highest BCUT2D eigenvalue weighted by atomic mass is 15.1. The number of hydrogen-bond donors (Lipinski definition) is 1. The van der Waals surface area contributed by atoms with Gasteiger partial charge in [-0.25, -0.2) is 4.98 Å². The van der Waals surface area contributed by atoms with Crippen LogP contribution in [0.3, 0.4) is 0 Å². The number of aromatic nitrogens is 2. The highest BCUT2D eigenvalue weighted by Gasteiger charge is 2.31. The summed E-state index contributed by atoms with van der Waals surface area (Å²) in [4.78, 5) is 11.1. The lowest BCUT2D eigenvalue weighted by atomic mass is 9.80. The Labute approximate surface area is 194 Å². The quantitative estimate of drug-likeness (QED) is 0.313. The van der Waals surface area contributed by atoms with Crippen molar-refractivity contribution >= 4 is 33.1 Å². The summed E-state index contributed by atoms with van der Waals surface area (Å²) >= 11 is 0. The number of unbranched alkanes of at least 4 members (excludes halogenated alkanes) is 1. The average Bonchev–Trinajstić information content (AvgIpc) is 3.30. The number of fused-ring (bicyclic) bond motifs is 3. The Morgan fingerprint density at radius 1 is 0.848 bits per heavy atom. The summed E-state index contributed by atoms with van der Waals surface area (Å²) < 4.78 is 0. The molecule has 0 amide bonds. The Hall–Kier alpha value is -3.85. The van der Waals surface area contributed by atoms with Crippen LogP contribution in [0.2, 0.25) is 0 Å². The van der Waals surface area contributed by atoms with Gasteiger partial charge < -0.3 is 9.88 Å². The zero-order valence-corrected chi connectivity index (χ0v) is 18.8. The highest BCUT2D eigenvalue weighted by Crippen LogP contribution is 2.47. The molecule has 1 aliphatic rings. The number of nitrogens with zero attached hydrogens (tertiary/aromatic N) is 2. The van der Waals surface area contributed by atoms with Crippen molar-refractivity contribution in [2.24, 2.45) is 0 Å². The van der Waals surface area contributed by atoms with E-state index in [0.29, 0.717) is 0 Å². The molecule has 5 aromatic rings. The van der Waals surface area contributed by atoms with Gasteiger partial charge in [-0.1, -0.05) is 74.0 Å². The molecule has 0 saturated heterocycles. The van der Waals surface area contributed by atoms with Crippen LogP contribution in [-0.2, 0) is 0 Å². The Bertz CT molecular complexity index is 1480. The van der Waals surface area contributed by atoms with E-state index in [1.54, 1.807) is 0 Å². The van der Waals surface area contributed by atoms with Gasteiger partial charge in [-0.3, -0.25) is 0 Å². The van der Waals surface area contributed by atoms with E-state index < -0.39 is 0 Å². The number of allylic oxidation sites excluding steroid dienone is 1. The van der Waals surface area contributed by atoms with Gasteiger partial charge in [0.1, 0.15) is 0 Å². The minimum atomic E-state index is 0.115. The van der Waals surface area contributed by atoms with Crippen LogP contribution < -0.4 is 4.90 Å². The predicted molar refractivity (Wildman–Crippen MR) is 139 cm³/mol. The zero-order chi connectivity index (χ0) is 22.2. The van der Waals surface area contributed by atoms with Crippen molar-refractivity contribution in [2.75, 3.05) is 11.4 Å². The number of anilines is 1. The average molecular weight is 430 g/mol. The third kappa shape index (κ3) is 3.41. The van der Waals surface area contributed by atoms with Gasteiger partial charge in [0.05, 0.1) is 11.2 Å². The molecule has 0 spiro atoms. The summed E-state index contributed by atoms with van der Waals surface area (Å²) in [5, 5.41) is 2.44. The Kier molecular flexibility index (Phi) is 4.95. The molecular weight excluding hydrogens is 402 g/mol. The van der Waals surface area contributed by atoms with Gasteiger partial charge in [0.25, 0.3) is 0 Å². The fraction of sp³-hybridized carbons (Fsp3) is 0.167. The minimum absolute atomic E-state index is 0.115. The second-order valence-corrected chi connectivity index (χ2v) is 8.80. The van der Waals surface area contributed by atoms with Crippen molar-refractivity contribution in [3.8, 4) is 0 Å². The lowest BCUT2D eigenvalue weighted by molar-refractivity contribution is 0.772. The molecular formula is C30H27N3. The molecule has 33 heavy (non-hydrogen) atoms. The smallest absolute Gasteiger partial charge is 0.0709 e. The van der Waals surface area contributed by atoms with Crippen LogP contribution in [0.1, 0.15) is 42.5 Å². The molecule has 1 N–H and O–H groups in total. The topological polar surface area (TPSA) is 31.9 Å². The number of nitrogens with one attached hydrogen (secondary N) is 1. The highest BCUT2D eigenvalue weighted by molar-refractivity contribution is 5.92. The van der Waals surface area contributed by atoms with Crippen molar-refractivity contribution in [1.82, 2.24) is 9.97 Å². The summed E-state index contributed by atoms with van der Waals surface area (Å²) in [5.41, 5.74) is 8.43. The van der Waals surface area contributed by atoms with Crippen LogP contribution >= 0.6 is 0 Å². The number of benzene rings is 3. The first-order chi connectivity index (χ1) is 16.3. The van der Waals surface area contributed by atoms with Crippen molar-refractivity contribution < 1.29 is 0 Å². The SMILES string of the molecule is CCCCN1C=C(c2ccc3ccccc3n2)C(c2c[nH]c3ccccc23)c2ccccc21. The van der Waals surface area contributed by atoms with Gasteiger partial charge in [0, 0.05) is 52.4 Å². The van der Waals surface area contributed by atoms with Crippen LogP contribution in [-0.4, -0.2) is 16.5 Å². The largest absolute Gasteiger partial charge is 0.361 e. The molecule has 1 aliphatic heterocycles. The van der Waals surface area contributed by atoms with Gasteiger partial charge in [0.15, 0.2) is 0 Å². The summed E-state index contributed by atoms with van der Waals surface area (Å²) in [6.45, 7) is 3.26. The first-order valence-corrected chi connectivity index (χ1v) is 11.8. The maximum Gasteiger partial charge on any atom is 0.0709 e. The van der Waals surface area contributed by atoms with Crippen LogP contribution in [0.15, 0.2) is 97.3 Å². The van der Waals surface area contributed by atoms with Crippen molar-refractivity contribution in [3.05, 3.63) is 114 Å². The fourth-order valence-electron chi connectivity index (χ4n) is 5.09. The van der Waals surface area contributed by atoms with E-state index in [2.05, 4.69) is 114 Å². The Morgan fingerprint density at radius 2 is 1.67 bits per heavy atom. The Morgan fingerprint density at radius 3 is 2.61 bits per heavy atom. The monoisotopic (exact) mass is 429 g/mol. The molecule has 2 aromatic heterocycles. The molecule has 6 rings (SSSR count). The van der Waals surface area contributed by atoms with Crippen molar-refractivity contribution in [1.29, 1.82) is 0 Å². The first kappa shape index (κ1) is 19.8. The van der Waals surface area contributed by atoms with Crippen LogP contribution in [0.25, 0.3) is 27.4 Å². The molecule has 1 unspecified atom stereocenters. The molecule has 3 nitrogen and oxygen atoms in total. The van der Waals surface area contributed by atoms with Gasteiger partial charge in [-0.15, -0.1) is 0 Å². The van der Waals surface area contributed by atoms with E-state index in [1.165, 1.54) is 45.1 Å². The normalized spacial score (nSPS) is 15.6. The Balaban J connectivity index is 1.59. The van der Waals surface area contributed by atoms with Crippen LogP contribution in [0.4, 0.5) is 5.69 Å². The molecule has 0 radical (unpaired) electrons. The number of para-hydroxylation sites is 3. The molecule has 162 valence electrons. The van der Waals surface area contributed by atoms with E-state index in [4.69, 9.17) is 4.98 Å². The minimum Gasteiger partial charge on any atom is -0.361 e. The third-order valence-electron chi connectivity index (χ3n) is 6.74. The maximum atomic E-state index is 5.12. The fourth-order valence-corrected chi connectivity index (χ4v) is 5.09. The van der Waals surface area contributed by atoms with E-state index in [1.807, 2.05) is 0 Å². The van der Waals surface area contributed by atoms with Gasteiger partial charge in [-0.2, -0.15) is 0 Å². The lowest BCUT2D eigenvalue weighted by Gasteiger charge is -2.35. The molecule has 0 bridgehead atoms. The number of hydrogen-bond acceptors (Lipinski definition) is 2. The molecule has 3 heterocycles. The summed E-state index contributed by atoms with van der Waals surface area (Å²) in [7, 11) is 0. The molecule has 0 fully saturated rings. The first-order valence-electron chi connectivity index (χ1n) is 11.8. The summed E-state index contributed by atoms with van der Waals surface area (Å²) in [6.07, 6.45) is 6.85. The van der Waals surface area contributed by atoms with E-state index in [-0.39, 0.29) is 5.92 Å². The molecule has 3 aromatic carbocycles. The predicted octanol–water partition coefficient (Wildman–Crippen LogP) is 7.51. The van der Waals surface area contributed by atoms with E-state index >= 15 is 0 Å². The van der Waals surface area contributed by atoms with Crippen molar-refractivity contribution in [3.63, 3.8) is 0 Å². The van der Waals surface area contributed by atoms with Gasteiger partial charge >= 0.3 is 0 Å². The number of H-pyrrole nitrogens is 1. The number of pyridine rings is 1. The third-order valence-corrected chi connectivity index (χ3v) is 6.74. The maximum absolute atomic E-state index is 5.12. The molecule has 1 atom stereocenters. The summed E-state index contributed by atoms with van der Waals surface area (Å²) in [6, 6.07) is 30.2. The van der Waals surface area contributed by atoms with Crippen molar-refractivity contribution in [2.45, 2.75) is 25.7 Å². The second-order valence-electron chi connectivity index (χ2n) is 8.80. The number of rotatable bonds is 5. The van der Waals surface area contributed by atoms with Crippen LogP contribution in [0, 0.1) is 0 Å². The van der Waals surface area contributed by atoms with E-state index in [0.717, 1.165) is 24.2 Å². The number of aromatic amines is 1. The standard InChI is InChI=1S/C30H27N3/c1-2-3-18-33-20-25(28-17-16-21-10-4-7-13-26(21)32-28)30(23-12-6-9-15-29(23)33)24-19-31-27-14-8-5-11-22(24)27/h4-17,19-20,30-31H,2-3,18H2,1H3. The zero-order valence-electron chi connectivity index (χ0n) is 18.8. The second kappa shape index (κ2) is 8.25. The lowest BCUT2D eigenvalue weighted by Crippen LogP contribution is -2.25. The van der Waals surface area contributed by atoms with Crippen LogP contribution in [0.5, 0.6) is 0 Å². The molecule has 0 saturated carbocycles. The van der Waals surface area contributed by atoms with Gasteiger partial charge in [-0.05, 0) is 41.8 Å². The van der Waals surface area contributed by atoms with Gasteiger partial charge in [0.2, 0.25) is 0 Å². The molecule has 0 aliphatic carbocycles. The molecule has 3 heteroatoms. The summed E-state index contributed by atoms with van der Waals surface area (Å²) in [5.74, 6) is 0.115. The van der Waals surface area contributed by atoms with E-state index in [9.17, 15) is 0 Å².